The largest absolute Gasteiger partial charge is 0.343 e. The summed E-state index contributed by atoms with van der Waals surface area (Å²) in [4.78, 5) is 29.4. The van der Waals surface area contributed by atoms with Gasteiger partial charge < -0.3 is 9.88 Å². The highest BCUT2D eigenvalue weighted by Gasteiger charge is 2.25. The van der Waals surface area contributed by atoms with Crippen LogP contribution >= 0.6 is 0 Å². The molecule has 20 heavy (non-hydrogen) atoms. The van der Waals surface area contributed by atoms with Gasteiger partial charge in [-0.2, -0.15) is 0 Å². The van der Waals surface area contributed by atoms with Gasteiger partial charge in [-0.25, -0.2) is 9.97 Å². The van der Waals surface area contributed by atoms with Crippen LogP contribution in [0, 0.1) is 5.92 Å². The molecule has 0 aromatic carbocycles. The second-order valence-electron chi connectivity index (χ2n) is 5.11. The first-order chi connectivity index (χ1) is 9.74. The quantitative estimate of drug-likeness (QED) is 0.912. The Balaban J connectivity index is 1.77. The molecule has 1 atom stereocenters. The van der Waals surface area contributed by atoms with Crippen molar-refractivity contribution in [2.24, 2.45) is 5.92 Å². The van der Waals surface area contributed by atoms with E-state index in [2.05, 4.69) is 19.9 Å². The van der Waals surface area contributed by atoms with E-state index in [1.54, 1.807) is 31.7 Å². The zero-order chi connectivity index (χ0) is 13.9. The standard InChI is InChI=1S/C14H17N5O/c1-10(20)19-7-2-11(9-19)8-12-13(16-4-3-15-12)14-17-5-6-18-14/h3-6,11H,2,7-9H2,1H3,(H,17,18). The first-order valence-corrected chi connectivity index (χ1v) is 6.79. The number of imidazole rings is 1. The molecule has 1 fully saturated rings. The Morgan fingerprint density at radius 3 is 2.90 bits per heavy atom. The van der Waals surface area contributed by atoms with Crippen LogP contribution in [0.3, 0.4) is 0 Å². The van der Waals surface area contributed by atoms with Crippen LogP contribution in [0.4, 0.5) is 0 Å². The molecule has 6 nitrogen and oxygen atoms in total. The molecule has 6 heteroatoms. The van der Waals surface area contributed by atoms with E-state index in [0.29, 0.717) is 5.92 Å². The topological polar surface area (TPSA) is 74.8 Å². The first kappa shape index (κ1) is 12.8. The molecule has 2 aromatic heterocycles. The molecule has 0 aliphatic carbocycles. The van der Waals surface area contributed by atoms with Crippen LogP contribution in [-0.4, -0.2) is 43.8 Å². The molecular weight excluding hydrogens is 254 g/mol. The van der Waals surface area contributed by atoms with Crippen molar-refractivity contribution in [3.05, 3.63) is 30.5 Å². The summed E-state index contributed by atoms with van der Waals surface area (Å²) in [6.45, 7) is 3.28. The fourth-order valence-corrected chi connectivity index (χ4v) is 2.67. The van der Waals surface area contributed by atoms with E-state index in [0.717, 1.165) is 43.1 Å². The zero-order valence-electron chi connectivity index (χ0n) is 11.4. The molecule has 3 rings (SSSR count). The molecule has 0 radical (unpaired) electrons. The molecule has 1 aliphatic rings. The Hall–Kier alpha value is -2.24. The SMILES string of the molecule is CC(=O)N1CCC(Cc2nccnc2-c2ncc[nH]2)C1. The molecule has 1 saturated heterocycles. The van der Waals surface area contributed by atoms with Gasteiger partial charge in [-0.1, -0.05) is 0 Å². The van der Waals surface area contributed by atoms with Gasteiger partial charge >= 0.3 is 0 Å². The molecular formula is C14H17N5O. The summed E-state index contributed by atoms with van der Waals surface area (Å²) in [7, 11) is 0. The van der Waals surface area contributed by atoms with E-state index in [1.165, 1.54) is 0 Å². The number of rotatable bonds is 3. The summed E-state index contributed by atoms with van der Waals surface area (Å²) >= 11 is 0. The molecule has 1 aliphatic heterocycles. The van der Waals surface area contributed by atoms with Crippen molar-refractivity contribution in [3.63, 3.8) is 0 Å². The minimum absolute atomic E-state index is 0.151. The van der Waals surface area contributed by atoms with Crippen LogP contribution in [0.25, 0.3) is 11.5 Å². The Morgan fingerprint density at radius 2 is 2.20 bits per heavy atom. The Bertz CT molecular complexity index is 595. The van der Waals surface area contributed by atoms with Gasteiger partial charge in [0, 0.05) is 44.8 Å². The summed E-state index contributed by atoms with van der Waals surface area (Å²) < 4.78 is 0. The lowest BCUT2D eigenvalue weighted by molar-refractivity contribution is -0.127. The van der Waals surface area contributed by atoms with Crippen molar-refractivity contribution >= 4 is 5.91 Å². The van der Waals surface area contributed by atoms with E-state index in [1.807, 2.05) is 4.90 Å². The maximum absolute atomic E-state index is 11.4. The zero-order valence-corrected chi connectivity index (χ0v) is 11.4. The number of hydrogen-bond donors (Lipinski definition) is 1. The van der Waals surface area contributed by atoms with E-state index < -0.39 is 0 Å². The van der Waals surface area contributed by atoms with Crippen molar-refractivity contribution in [3.8, 4) is 11.5 Å². The van der Waals surface area contributed by atoms with Crippen LogP contribution in [0.1, 0.15) is 19.0 Å². The van der Waals surface area contributed by atoms with E-state index in [-0.39, 0.29) is 5.91 Å². The van der Waals surface area contributed by atoms with Gasteiger partial charge in [0.25, 0.3) is 0 Å². The average molecular weight is 271 g/mol. The number of aromatic amines is 1. The molecule has 2 aromatic rings. The molecule has 1 amide bonds. The van der Waals surface area contributed by atoms with Crippen molar-refractivity contribution < 1.29 is 4.79 Å². The number of carbonyl (C=O) groups excluding carboxylic acids is 1. The van der Waals surface area contributed by atoms with E-state index in [4.69, 9.17) is 0 Å². The Labute approximate surface area is 117 Å². The van der Waals surface area contributed by atoms with Crippen LogP contribution in [0.15, 0.2) is 24.8 Å². The van der Waals surface area contributed by atoms with Gasteiger partial charge in [0.2, 0.25) is 5.91 Å². The number of amides is 1. The Kier molecular flexibility index (Phi) is 3.45. The van der Waals surface area contributed by atoms with Crippen molar-refractivity contribution in [2.75, 3.05) is 13.1 Å². The second-order valence-corrected chi connectivity index (χ2v) is 5.11. The van der Waals surface area contributed by atoms with Gasteiger partial charge in [0.15, 0.2) is 5.82 Å². The summed E-state index contributed by atoms with van der Waals surface area (Å²) in [6.07, 6.45) is 8.72. The number of nitrogens with one attached hydrogen (secondary N) is 1. The van der Waals surface area contributed by atoms with Gasteiger partial charge in [0.05, 0.1) is 5.69 Å². The number of hydrogen-bond acceptors (Lipinski definition) is 4. The normalized spacial score (nSPS) is 18.4. The molecule has 3 heterocycles. The minimum atomic E-state index is 0.151. The lowest BCUT2D eigenvalue weighted by Gasteiger charge is -2.14. The number of H-pyrrole nitrogens is 1. The third-order valence-corrected chi connectivity index (χ3v) is 3.71. The number of nitrogens with zero attached hydrogens (tertiary/aromatic N) is 4. The van der Waals surface area contributed by atoms with Crippen molar-refractivity contribution in [2.45, 2.75) is 19.8 Å². The maximum Gasteiger partial charge on any atom is 0.219 e. The highest BCUT2D eigenvalue weighted by Crippen LogP contribution is 2.24. The lowest BCUT2D eigenvalue weighted by atomic mass is 10.0. The summed E-state index contributed by atoms with van der Waals surface area (Å²) in [5.74, 6) is 1.34. The molecule has 0 saturated carbocycles. The van der Waals surface area contributed by atoms with Crippen LogP contribution in [0.2, 0.25) is 0 Å². The van der Waals surface area contributed by atoms with E-state index >= 15 is 0 Å². The molecule has 1 unspecified atom stereocenters. The predicted molar refractivity (Wildman–Crippen MR) is 73.7 cm³/mol. The Morgan fingerprint density at radius 1 is 1.35 bits per heavy atom. The minimum Gasteiger partial charge on any atom is -0.343 e. The van der Waals surface area contributed by atoms with Gasteiger partial charge in [-0.3, -0.25) is 9.78 Å². The third-order valence-electron chi connectivity index (χ3n) is 3.71. The van der Waals surface area contributed by atoms with Gasteiger partial charge in [-0.05, 0) is 18.8 Å². The number of likely N-dealkylation sites (tertiary alicyclic amines) is 1. The molecule has 0 spiro atoms. The average Bonchev–Trinajstić information content (AvgIpc) is 3.10. The van der Waals surface area contributed by atoms with Gasteiger partial charge in [-0.15, -0.1) is 0 Å². The van der Waals surface area contributed by atoms with Crippen molar-refractivity contribution in [1.82, 2.24) is 24.8 Å². The van der Waals surface area contributed by atoms with Crippen LogP contribution in [0.5, 0.6) is 0 Å². The number of aromatic nitrogens is 4. The van der Waals surface area contributed by atoms with E-state index in [9.17, 15) is 4.79 Å². The van der Waals surface area contributed by atoms with Gasteiger partial charge in [0.1, 0.15) is 5.69 Å². The lowest BCUT2D eigenvalue weighted by Crippen LogP contribution is -2.26. The highest BCUT2D eigenvalue weighted by molar-refractivity contribution is 5.73. The van der Waals surface area contributed by atoms with Crippen molar-refractivity contribution in [1.29, 1.82) is 0 Å². The smallest absolute Gasteiger partial charge is 0.219 e. The fourth-order valence-electron chi connectivity index (χ4n) is 2.67. The molecule has 104 valence electrons. The van der Waals surface area contributed by atoms with Crippen LogP contribution in [-0.2, 0) is 11.2 Å². The monoisotopic (exact) mass is 271 g/mol. The third kappa shape index (κ3) is 2.54. The van der Waals surface area contributed by atoms with Crippen LogP contribution < -0.4 is 0 Å². The predicted octanol–water partition coefficient (Wildman–Crippen LogP) is 1.28. The highest BCUT2D eigenvalue weighted by atomic mass is 16.2. The number of carbonyl (C=O) groups is 1. The summed E-state index contributed by atoms with van der Waals surface area (Å²) in [6, 6.07) is 0. The molecule has 1 N–H and O–H groups in total. The summed E-state index contributed by atoms with van der Waals surface area (Å²) in [5.41, 5.74) is 1.75. The molecule has 0 bridgehead atoms. The first-order valence-electron chi connectivity index (χ1n) is 6.79. The second kappa shape index (κ2) is 5.40. The summed E-state index contributed by atoms with van der Waals surface area (Å²) in [5, 5.41) is 0. The fraction of sp³-hybridized carbons (Fsp3) is 0.429. The maximum atomic E-state index is 11.4.